The normalized spacial score (nSPS) is 18.2. The van der Waals surface area contributed by atoms with Crippen LogP contribution in [0.25, 0.3) is 0 Å². The highest BCUT2D eigenvalue weighted by Crippen LogP contribution is 2.36. The second kappa shape index (κ2) is 7.52. The van der Waals surface area contributed by atoms with E-state index in [0.717, 1.165) is 23.9 Å². The maximum atomic E-state index is 13.1. The van der Waals surface area contributed by atoms with Crippen molar-refractivity contribution in [3.8, 4) is 0 Å². The highest BCUT2D eigenvalue weighted by atomic mass is 19.4. The summed E-state index contributed by atoms with van der Waals surface area (Å²) >= 11 is 0. The van der Waals surface area contributed by atoms with Crippen molar-refractivity contribution in [1.29, 1.82) is 0 Å². The molecule has 1 N–H and O–H groups in total. The number of alkyl halides is 3. The fraction of sp³-hybridized carbons (Fsp3) is 0.722. The van der Waals surface area contributed by atoms with Gasteiger partial charge in [-0.25, -0.2) is 4.79 Å². The number of carbonyl (C=O) groups excluding carboxylic acids is 1. The monoisotopic (exact) mass is 389 g/mol. The Morgan fingerprint density at radius 2 is 1.81 bits per heavy atom. The molecule has 1 aliphatic rings. The lowest BCUT2D eigenvalue weighted by atomic mass is 9.79. The molecule has 1 aliphatic carbocycles. The number of aliphatic carboxylic acids is 1. The van der Waals surface area contributed by atoms with E-state index in [0.29, 0.717) is 24.1 Å². The zero-order chi connectivity index (χ0) is 20.6. The highest BCUT2D eigenvalue weighted by Gasteiger charge is 2.46. The van der Waals surface area contributed by atoms with Crippen molar-refractivity contribution in [2.45, 2.75) is 77.1 Å². The maximum absolute atomic E-state index is 13.1. The molecule has 1 unspecified atom stereocenters. The maximum Gasteiger partial charge on any atom is 0.408 e. The summed E-state index contributed by atoms with van der Waals surface area (Å²) in [7, 11) is 1.48. The van der Waals surface area contributed by atoms with Gasteiger partial charge in [-0.05, 0) is 33.6 Å². The molecular weight excluding hydrogens is 363 g/mol. The summed E-state index contributed by atoms with van der Waals surface area (Å²) in [6, 6.07) is 0. The van der Waals surface area contributed by atoms with Gasteiger partial charge in [0.15, 0.2) is 0 Å². The van der Waals surface area contributed by atoms with Crippen molar-refractivity contribution in [2.75, 3.05) is 7.05 Å². The Morgan fingerprint density at radius 1 is 1.26 bits per heavy atom. The van der Waals surface area contributed by atoms with E-state index in [-0.39, 0.29) is 5.69 Å². The van der Waals surface area contributed by atoms with E-state index in [1.54, 1.807) is 13.8 Å². The molecule has 1 atom stereocenters. The van der Waals surface area contributed by atoms with E-state index in [1.807, 2.05) is 0 Å². The predicted molar refractivity (Wildman–Crippen MR) is 92.4 cm³/mol. The number of likely N-dealkylation sites (N-methyl/N-ethyl adjacent to an activating group) is 1. The number of hydrogen-bond acceptors (Lipinski definition) is 3. The van der Waals surface area contributed by atoms with Gasteiger partial charge in [0.05, 0.1) is 11.6 Å². The third kappa shape index (κ3) is 4.11. The van der Waals surface area contributed by atoms with E-state index in [2.05, 4.69) is 5.10 Å². The van der Waals surface area contributed by atoms with Gasteiger partial charge in [0.2, 0.25) is 5.91 Å². The van der Waals surface area contributed by atoms with Gasteiger partial charge >= 0.3 is 12.1 Å². The van der Waals surface area contributed by atoms with Crippen molar-refractivity contribution in [2.24, 2.45) is 0 Å². The molecule has 2 rings (SSSR count). The van der Waals surface area contributed by atoms with E-state index in [1.165, 1.54) is 18.9 Å². The molecule has 152 valence electrons. The average molecular weight is 389 g/mol. The van der Waals surface area contributed by atoms with Crippen LogP contribution in [0.2, 0.25) is 0 Å². The number of aromatic nitrogens is 2. The minimum atomic E-state index is -4.42. The third-order valence-electron chi connectivity index (χ3n) is 5.62. The van der Waals surface area contributed by atoms with Crippen molar-refractivity contribution in [3.05, 3.63) is 17.0 Å². The number of carboxylic acids is 1. The Bertz CT molecular complexity index is 721. The summed E-state index contributed by atoms with van der Waals surface area (Å²) in [6.07, 6.45) is -1.29. The first-order valence-corrected chi connectivity index (χ1v) is 9.02. The largest absolute Gasteiger partial charge is 0.479 e. The molecule has 0 radical (unpaired) electrons. The third-order valence-corrected chi connectivity index (χ3v) is 5.62. The molecule has 0 bridgehead atoms. The second-order valence-corrected chi connectivity index (χ2v) is 7.37. The molecule has 0 saturated heterocycles. The molecule has 1 aromatic heterocycles. The van der Waals surface area contributed by atoms with Crippen LogP contribution in [0.3, 0.4) is 0 Å². The molecule has 1 amide bonds. The SMILES string of the molecule is Cc1nn(CC(F)(F)F)c(C)c1C(C)C(=O)N(C)C1(C(=O)O)CCCCC1. The van der Waals surface area contributed by atoms with Crippen LogP contribution in [-0.4, -0.2) is 50.4 Å². The van der Waals surface area contributed by atoms with Crippen LogP contribution in [0.5, 0.6) is 0 Å². The van der Waals surface area contributed by atoms with Crippen LogP contribution in [0.4, 0.5) is 13.2 Å². The molecule has 6 nitrogen and oxygen atoms in total. The summed E-state index contributed by atoms with van der Waals surface area (Å²) in [4.78, 5) is 26.3. The van der Waals surface area contributed by atoms with Gasteiger partial charge in [-0.15, -0.1) is 0 Å². The van der Waals surface area contributed by atoms with Crippen LogP contribution in [0.15, 0.2) is 0 Å². The first-order valence-electron chi connectivity index (χ1n) is 9.02. The quantitative estimate of drug-likeness (QED) is 0.837. The number of rotatable bonds is 5. The fourth-order valence-corrected chi connectivity index (χ4v) is 4.12. The lowest BCUT2D eigenvalue weighted by molar-refractivity contribution is -0.160. The predicted octanol–water partition coefficient (Wildman–Crippen LogP) is 3.41. The van der Waals surface area contributed by atoms with Crippen LogP contribution < -0.4 is 0 Å². The van der Waals surface area contributed by atoms with Crippen molar-refractivity contribution >= 4 is 11.9 Å². The van der Waals surface area contributed by atoms with Crippen LogP contribution in [0.1, 0.15) is 61.9 Å². The number of aryl methyl sites for hydroxylation is 1. The minimum absolute atomic E-state index is 0.270. The van der Waals surface area contributed by atoms with E-state index < -0.39 is 36.1 Å². The van der Waals surface area contributed by atoms with Crippen LogP contribution >= 0.6 is 0 Å². The second-order valence-electron chi connectivity index (χ2n) is 7.37. The Hall–Kier alpha value is -2.06. The van der Waals surface area contributed by atoms with E-state index in [9.17, 15) is 27.9 Å². The lowest BCUT2D eigenvalue weighted by Crippen LogP contribution is -2.57. The highest BCUT2D eigenvalue weighted by molar-refractivity contribution is 5.90. The molecular formula is C18H26F3N3O3. The van der Waals surface area contributed by atoms with Crippen LogP contribution in [-0.2, 0) is 16.1 Å². The van der Waals surface area contributed by atoms with Gasteiger partial charge in [-0.2, -0.15) is 18.3 Å². The molecule has 0 spiro atoms. The summed E-state index contributed by atoms with van der Waals surface area (Å²) in [5.41, 5.74) is -0.216. The van der Waals surface area contributed by atoms with Gasteiger partial charge in [0.25, 0.3) is 0 Å². The first kappa shape index (κ1) is 21.2. The topological polar surface area (TPSA) is 75.4 Å². The van der Waals surface area contributed by atoms with Gasteiger partial charge in [0, 0.05) is 18.3 Å². The lowest BCUT2D eigenvalue weighted by Gasteiger charge is -2.42. The fourth-order valence-electron chi connectivity index (χ4n) is 4.12. The molecule has 9 heteroatoms. The first-order chi connectivity index (χ1) is 12.4. The zero-order valence-corrected chi connectivity index (χ0v) is 16.1. The average Bonchev–Trinajstić information content (AvgIpc) is 2.85. The van der Waals surface area contributed by atoms with Crippen LogP contribution in [0, 0.1) is 13.8 Å². The van der Waals surface area contributed by atoms with Gasteiger partial charge in [-0.1, -0.05) is 19.3 Å². The van der Waals surface area contributed by atoms with Crippen molar-refractivity contribution in [3.63, 3.8) is 0 Å². The molecule has 1 heterocycles. The standard InChI is InChI=1S/C18H26F3N3O3/c1-11(14-12(2)22-24(13(14)3)10-18(19,20)21)15(25)23(4)17(16(26)27)8-6-5-7-9-17/h11H,5-10H2,1-4H3,(H,26,27). The van der Waals surface area contributed by atoms with Gasteiger partial charge in [-0.3, -0.25) is 9.48 Å². The number of amides is 1. The molecule has 1 aromatic rings. The zero-order valence-electron chi connectivity index (χ0n) is 16.1. The number of carbonyl (C=O) groups is 2. The summed E-state index contributed by atoms with van der Waals surface area (Å²) in [5, 5.41) is 13.7. The Labute approximate surface area is 156 Å². The Balaban J connectivity index is 2.33. The van der Waals surface area contributed by atoms with Gasteiger partial charge in [0.1, 0.15) is 12.1 Å². The van der Waals surface area contributed by atoms with Gasteiger partial charge < -0.3 is 10.0 Å². The smallest absolute Gasteiger partial charge is 0.408 e. The number of nitrogens with zero attached hydrogens (tertiary/aromatic N) is 3. The summed E-state index contributed by atoms with van der Waals surface area (Å²) in [5.74, 6) is -2.24. The summed E-state index contributed by atoms with van der Waals surface area (Å²) in [6.45, 7) is 3.42. The van der Waals surface area contributed by atoms with Crippen molar-refractivity contribution in [1.82, 2.24) is 14.7 Å². The number of halogens is 3. The van der Waals surface area contributed by atoms with E-state index in [4.69, 9.17) is 0 Å². The molecule has 27 heavy (non-hydrogen) atoms. The van der Waals surface area contributed by atoms with E-state index >= 15 is 0 Å². The molecule has 0 aromatic carbocycles. The number of hydrogen-bond donors (Lipinski definition) is 1. The molecule has 0 aliphatic heterocycles. The minimum Gasteiger partial charge on any atom is -0.479 e. The van der Waals surface area contributed by atoms with Crippen molar-refractivity contribution < 1.29 is 27.9 Å². The summed E-state index contributed by atoms with van der Waals surface area (Å²) < 4.78 is 39.0. The Morgan fingerprint density at radius 3 is 2.30 bits per heavy atom. The Kier molecular flexibility index (Phi) is 5.91. The molecule has 1 saturated carbocycles. The molecule has 1 fully saturated rings. The number of carboxylic acid groups (broad SMARTS) is 1.